The molecule has 2 heterocycles. The molecule has 1 aliphatic heterocycles. The molecular weight excluding hydrogens is 350 g/mol. The van der Waals surface area contributed by atoms with Crippen molar-refractivity contribution in [2.24, 2.45) is 0 Å². The van der Waals surface area contributed by atoms with Crippen LogP contribution >= 0.6 is 0 Å². The molecule has 1 aromatic carbocycles. The number of pyridine rings is 1. The summed E-state index contributed by atoms with van der Waals surface area (Å²) in [6.45, 7) is 1.56. The van der Waals surface area contributed by atoms with Crippen molar-refractivity contribution in [1.82, 2.24) is 14.6 Å². The number of hydrogen-bond acceptors (Lipinski definition) is 4. The van der Waals surface area contributed by atoms with Crippen LogP contribution in [0.2, 0.25) is 0 Å². The van der Waals surface area contributed by atoms with Crippen molar-refractivity contribution in [2.45, 2.75) is 37.1 Å². The summed E-state index contributed by atoms with van der Waals surface area (Å²) in [5.74, 6) is -0.103. The second kappa shape index (κ2) is 8.42. The largest absolute Gasteiger partial charge is 0.339 e. The number of sulfonamides is 1. The molecule has 0 spiro atoms. The molecule has 1 fully saturated rings. The Hall–Kier alpha value is -2.25. The van der Waals surface area contributed by atoms with Crippen LogP contribution in [-0.2, 0) is 16.6 Å². The Balaban J connectivity index is 1.74. The van der Waals surface area contributed by atoms with Crippen molar-refractivity contribution in [3.63, 3.8) is 0 Å². The van der Waals surface area contributed by atoms with Gasteiger partial charge in [0.25, 0.3) is 5.91 Å². The van der Waals surface area contributed by atoms with Crippen molar-refractivity contribution < 1.29 is 13.2 Å². The summed E-state index contributed by atoms with van der Waals surface area (Å²) in [5.41, 5.74) is 1.04. The molecule has 138 valence electrons. The Morgan fingerprint density at radius 2 is 1.81 bits per heavy atom. The molecule has 0 saturated carbocycles. The molecule has 7 heteroatoms. The zero-order valence-corrected chi connectivity index (χ0v) is 15.4. The summed E-state index contributed by atoms with van der Waals surface area (Å²) in [5, 5.41) is 0. The van der Waals surface area contributed by atoms with Crippen LogP contribution in [0.25, 0.3) is 0 Å². The lowest BCUT2D eigenvalue weighted by Gasteiger charge is -2.20. The number of carbonyl (C=O) groups is 1. The lowest BCUT2D eigenvalue weighted by molar-refractivity contribution is 0.0761. The quantitative estimate of drug-likeness (QED) is 0.874. The molecule has 1 saturated heterocycles. The fraction of sp³-hybridized carbons (Fsp3) is 0.368. The fourth-order valence-electron chi connectivity index (χ4n) is 3.01. The third kappa shape index (κ3) is 4.68. The molecular formula is C19H23N3O3S. The third-order valence-corrected chi connectivity index (χ3v) is 5.85. The van der Waals surface area contributed by atoms with E-state index in [0.29, 0.717) is 11.3 Å². The van der Waals surface area contributed by atoms with Crippen molar-refractivity contribution in [3.05, 3.63) is 59.9 Å². The number of aromatic nitrogens is 1. The minimum absolute atomic E-state index is 0.0918. The van der Waals surface area contributed by atoms with E-state index in [1.807, 2.05) is 4.90 Å². The first-order valence-electron chi connectivity index (χ1n) is 8.85. The summed E-state index contributed by atoms with van der Waals surface area (Å²) in [4.78, 5) is 18.7. The summed E-state index contributed by atoms with van der Waals surface area (Å²) >= 11 is 0. The van der Waals surface area contributed by atoms with Gasteiger partial charge in [0, 0.05) is 24.8 Å². The molecule has 1 amide bonds. The molecule has 0 atom stereocenters. The Morgan fingerprint density at radius 3 is 2.50 bits per heavy atom. The van der Waals surface area contributed by atoms with Gasteiger partial charge in [-0.1, -0.05) is 25.0 Å². The smallest absolute Gasteiger partial charge is 0.253 e. The minimum Gasteiger partial charge on any atom is -0.339 e. The highest BCUT2D eigenvalue weighted by Crippen LogP contribution is 2.17. The SMILES string of the molecule is O=C(c1cccc(S(=O)(=O)NCc2ccccn2)c1)N1CCCCCC1. The van der Waals surface area contributed by atoms with Crippen LogP contribution in [0, 0.1) is 0 Å². The number of likely N-dealkylation sites (tertiary alicyclic amines) is 1. The van der Waals surface area contributed by atoms with Gasteiger partial charge >= 0.3 is 0 Å². The van der Waals surface area contributed by atoms with E-state index in [0.717, 1.165) is 38.8 Å². The predicted octanol–water partition coefficient (Wildman–Crippen LogP) is 2.58. The first-order chi connectivity index (χ1) is 12.6. The van der Waals surface area contributed by atoms with Gasteiger partial charge in [0.05, 0.1) is 17.1 Å². The van der Waals surface area contributed by atoms with Crippen LogP contribution in [0.5, 0.6) is 0 Å². The number of rotatable bonds is 5. The highest BCUT2D eigenvalue weighted by molar-refractivity contribution is 7.89. The maximum absolute atomic E-state index is 12.7. The number of nitrogens with zero attached hydrogens (tertiary/aromatic N) is 2. The summed E-state index contributed by atoms with van der Waals surface area (Å²) in [7, 11) is -3.71. The van der Waals surface area contributed by atoms with E-state index in [1.165, 1.54) is 12.1 Å². The number of benzene rings is 1. The molecule has 0 unspecified atom stereocenters. The Kier molecular flexibility index (Phi) is 6.00. The number of hydrogen-bond donors (Lipinski definition) is 1. The Morgan fingerprint density at radius 1 is 1.04 bits per heavy atom. The van der Waals surface area contributed by atoms with Gasteiger partial charge in [0.1, 0.15) is 0 Å². The molecule has 0 bridgehead atoms. The van der Waals surface area contributed by atoms with E-state index >= 15 is 0 Å². The fourth-order valence-corrected chi connectivity index (χ4v) is 4.05. The number of carbonyl (C=O) groups excluding carboxylic acids is 1. The standard InChI is InChI=1S/C19H23N3O3S/c23-19(22-12-5-1-2-6-13-22)16-8-7-10-18(14-16)26(24,25)21-15-17-9-3-4-11-20-17/h3-4,7-11,14,21H,1-2,5-6,12-13,15H2. The topological polar surface area (TPSA) is 79.4 Å². The van der Waals surface area contributed by atoms with Gasteiger partial charge in [-0.2, -0.15) is 0 Å². The Bertz CT molecular complexity index is 845. The highest BCUT2D eigenvalue weighted by Gasteiger charge is 2.20. The first-order valence-corrected chi connectivity index (χ1v) is 10.3. The molecule has 2 aromatic rings. The van der Waals surface area contributed by atoms with E-state index in [-0.39, 0.29) is 17.3 Å². The summed E-state index contributed by atoms with van der Waals surface area (Å²) < 4.78 is 27.6. The zero-order chi connectivity index (χ0) is 18.4. The minimum atomic E-state index is -3.71. The summed E-state index contributed by atoms with van der Waals surface area (Å²) in [6, 6.07) is 11.6. The van der Waals surface area contributed by atoms with Crippen LogP contribution in [0.3, 0.4) is 0 Å². The maximum atomic E-state index is 12.7. The second-order valence-electron chi connectivity index (χ2n) is 6.38. The van der Waals surface area contributed by atoms with E-state index in [4.69, 9.17) is 0 Å². The normalized spacial score (nSPS) is 15.5. The molecule has 6 nitrogen and oxygen atoms in total. The van der Waals surface area contributed by atoms with Crippen LogP contribution in [-0.4, -0.2) is 37.3 Å². The predicted molar refractivity (Wildman–Crippen MR) is 99.1 cm³/mol. The van der Waals surface area contributed by atoms with E-state index in [2.05, 4.69) is 9.71 Å². The molecule has 1 aliphatic rings. The van der Waals surface area contributed by atoms with Gasteiger partial charge < -0.3 is 4.90 Å². The lowest BCUT2D eigenvalue weighted by Crippen LogP contribution is -2.32. The van der Waals surface area contributed by atoms with Crippen molar-refractivity contribution in [3.8, 4) is 0 Å². The van der Waals surface area contributed by atoms with Gasteiger partial charge in [-0.15, -0.1) is 0 Å². The molecule has 3 rings (SSSR count). The number of nitrogens with one attached hydrogen (secondary N) is 1. The highest BCUT2D eigenvalue weighted by atomic mass is 32.2. The molecule has 1 aromatic heterocycles. The summed E-state index contributed by atoms with van der Waals surface area (Å²) in [6.07, 6.45) is 5.88. The van der Waals surface area contributed by atoms with Gasteiger partial charge in [-0.25, -0.2) is 13.1 Å². The van der Waals surface area contributed by atoms with Crippen LogP contribution in [0.1, 0.15) is 41.7 Å². The first kappa shape index (κ1) is 18.5. The van der Waals surface area contributed by atoms with Gasteiger partial charge in [-0.3, -0.25) is 9.78 Å². The number of amides is 1. The average molecular weight is 373 g/mol. The van der Waals surface area contributed by atoms with Gasteiger partial charge in [0.2, 0.25) is 10.0 Å². The monoisotopic (exact) mass is 373 g/mol. The molecule has 1 N–H and O–H groups in total. The van der Waals surface area contributed by atoms with Crippen LogP contribution < -0.4 is 4.72 Å². The Labute approximate surface area is 154 Å². The zero-order valence-electron chi connectivity index (χ0n) is 14.6. The second-order valence-corrected chi connectivity index (χ2v) is 8.15. The third-order valence-electron chi connectivity index (χ3n) is 4.45. The maximum Gasteiger partial charge on any atom is 0.253 e. The molecule has 0 aliphatic carbocycles. The van der Waals surface area contributed by atoms with Crippen molar-refractivity contribution >= 4 is 15.9 Å². The van der Waals surface area contributed by atoms with E-state index in [1.54, 1.807) is 36.5 Å². The van der Waals surface area contributed by atoms with Gasteiger partial charge in [0.15, 0.2) is 0 Å². The van der Waals surface area contributed by atoms with E-state index < -0.39 is 10.0 Å². The molecule has 26 heavy (non-hydrogen) atoms. The van der Waals surface area contributed by atoms with Crippen molar-refractivity contribution in [1.29, 1.82) is 0 Å². The molecule has 0 radical (unpaired) electrons. The van der Waals surface area contributed by atoms with Gasteiger partial charge in [-0.05, 0) is 43.2 Å². The van der Waals surface area contributed by atoms with Crippen LogP contribution in [0.4, 0.5) is 0 Å². The van der Waals surface area contributed by atoms with Crippen LogP contribution in [0.15, 0.2) is 53.6 Å². The average Bonchev–Trinajstić information content (AvgIpc) is 2.96. The van der Waals surface area contributed by atoms with Crippen molar-refractivity contribution in [2.75, 3.05) is 13.1 Å². The lowest BCUT2D eigenvalue weighted by atomic mass is 10.2. The van der Waals surface area contributed by atoms with E-state index in [9.17, 15) is 13.2 Å².